The van der Waals surface area contributed by atoms with Gasteiger partial charge in [0.15, 0.2) is 0 Å². The Kier molecular flexibility index (Phi) is 4.93. The standard InChI is InChI=1S/C19H20F3N5O2/c1-27-16(4-5-25-27)15-8-12-6-13(9-23-17(12)26-15)11-2-3-14(7-11)29-18(28)24-10-19(20,21)22/h4-6,8-9,11,14H,2-3,7,10H2,1H3,(H,23,26)(H,24,28)/t11-,14+/m0/s1. The van der Waals surface area contributed by atoms with E-state index in [2.05, 4.69) is 21.1 Å². The van der Waals surface area contributed by atoms with Gasteiger partial charge < -0.3 is 15.0 Å². The van der Waals surface area contributed by atoms with Gasteiger partial charge in [0, 0.05) is 24.8 Å². The van der Waals surface area contributed by atoms with Crippen LogP contribution in [0.3, 0.4) is 0 Å². The number of H-pyrrole nitrogens is 1. The Bertz CT molecular complexity index is 1030. The van der Waals surface area contributed by atoms with Crippen molar-refractivity contribution in [1.29, 1.82) is 0 Å². The second-order valence-electron chi connectivity index (χ2n) is 7.24. The molecule has 0 aromatic carbocycles. The van der Waals surface area contributed by atoms with Crippen molar-refractivity contribution in [3.8, 4) is 11.4 Å². The van der Waals surface area contributed by atoms with E-state index in [0.717, 1.165) is 34.4 Å². The van der Waals surface area contributed by atoms with Crippen molar-refractivity contribution in [2.45, 2.75) is 37.5 Å². The number of hydrogen-bond donors (Lipinski definition) is 2. The highest BCUT2D eigenvalue weighted by molar-refractivity contribution is 5.82. The first-order valence-electron chi connectivity index (χ1n) is 9.27. The molecule has 0 unspecified atom stereocenters. The molecule has 29 heavy (non-hydrogen) atoms. The van der Waals surface area contributed by atoms with E-state index in [1.807, 2.05) is 19.2 Å². The number of aromatic nitrogens is 4. The molecule has 2 N–H and O–H groups in total. The van der Waals surface area contributed by atoms with Crippen molar-refractivity contribution in [3.63, 3.8) is 0 Å². The minimum absolute atomic E-state index is 0.141. The maximum absolute atomic E-state index is 12.2. The van der Waals surface area contributed by atoms with Crippen LogP contribution < -0.4 is 5.32 Å². The van der Waals surface area contributed by atoms with Gasteiger partial charge in [0.1, 0.15) is 18.3 Å². The highest BCUT2D eigenvalue weighted by Gasteiger charge is 2.31. The molecule has 3 aromatic rings. The van der Waals surface area contributed by atoms with E-state index in [-0.39, 0.29) is 5.92 Å². The minimum atomic E-state index is -4.46. The van der Waals surface area contributed by atoms with Gasteiger partial charge in [0.2, 0.25) is 0 Å². The van der Waals surface area contributed by atoms with E-state index in [4.69, 9.17) is 4.74 Å². The summed E-state index contributed by atoms with van der Waals surface area (Å²) in [7, 11) is 1.86. The summed E-state index contributed by atoms with van der Waals surface area (Å²) >= 11 is 0. The van der Waals surface area contributed by atoms with Crippen molar-refractivity contribution in [2.24, 2.45) is 7.05 Å². The zero-order chi connectivity index (χ0) is 20.6. The molecule has 1 saturated carbocycles. The number of pyridine rings is 1. The lowest BCUT2D eigenvalue weighted by Gasteiger charge is -2.14. The highest BCUT2D eigenvalue weighted by atomic mass is 19.4. The number of rotatable bonds is 4. The monoisotopic (exact) mass is 407 g/mol. The maximum Gasteiger partial charge on any atom is 0.407 e. The third-order valence-electron chi connectivity index (χ3n) is 5.15. The van der Waals surface area contributed by atoms with Gasteiger partial charge in [-0.15, -0.1) is 0 Å². The number of nitrogens with one attached hydrogen (secondary N) is 2. The number of nitrogens with zero attached hydrogens (tertiary/aromatic N) is 3. The Morgan fingerprint density at radius 1 is 1.38 bits per heavy atom. The molecule has 1 fully saturated rings. The van der Waals surface area contributed by atoms with E-state index in [1.165, 1.54) is 0 Å². The van der Waals surface area contributed by atoms with Crippen molar-refractivity contribution in [3.05, 3.63) is 36.2 Å². The number of alkyl halides is 3. The Labute approximate surface area is 164 Å². The van der Waals surface area contributed by atoms with Gasteiger partial charge in [-0.25, -0.2) is 9.78 Å². The van der Waals surface area contributed by atoms with Gasteiger partial charge in [-0.1, -0.05) is 0 Å². The SMILES string of the molecule is Cn1nccc1-c1cc2cc([C@H]3CC[C@@H](OC(=O)NCC(F)(F)F)C3)cnc2[nH]1. The summed E-state index contributed by atoms with van der Waals surface area (Å²) in [5.41, 5.74) is 3.65. The molecule has 4 rings (SSSR count). The van der Waals surface area contributed by atoms with Crippen molar-refractivity contribution < 1.29 is 22.7 Å². The summed E-state index contributed by atoms with van der Waals surface area (Å²) < 4.78 is 43.4. The number of amides is 1. The quantitative estimate of drug-likeness (QED) is 0.687. The fraction of sp³-hybridized carbons (Fsp3) is 0.421. The number of ether oxygens (including phenoxy) is 1. The summed E-state index contributed by atoms with van der Waals surface area (Å²) in [5.74, 6) is 0.141. The Hall–Kier alpha value is -3.04. The van der Waals surface area contributed by atoms with Gasteiger partial charge in [0.25, 0.3) is 0 Å². The largest absolute Gasteiger partial charge is 0.446 e. The zero-order valence-electron chi connectivity index (χ0n) is 15.7. The van der Waals surface area contributed by atoms with Crippen LogP contribution in [0.5, 0.6) is 0 Å². The summed E-state index contributed by atoms with van der Waals surface area (Å²) in [6.45, 7) is -1.39. The Balaban J connectivity index is 1.41. The molecular formula is C19H20F3N5O2. The first-order valence-corrected chi connectivity index (χ1v) is 9.27. The van der Waals surface area contributed by atoms with Crippen molar-refractivity contribution >= 4 is 17.1 Å². The molecule has 10 heteroatoms. The Morgan fingerprint density at radius 2 is 2.21 bits per heavy atom. The smallest absolute Gasteiger partial charge is 0.407 e. The number of alkyl carbamates (subject to hydrolysis) is 1. The molecular weight excluding hydrogens is 387 g/mol. The minimum Gasteiger partial charge on any atom is -0.446 e. The van der Waals surface area contributed by atoms with Gasteiger partial charge >= 0.3 is 12.3 Å². The lowest BCUT2D eigenvalue weighted by atomic mass is 9.99. The second kappa shape index (κ2) is 7.41. The lowest BCUT2D eigenvalue weighted by molar-refractivity contribution is -0.124. The van der Waals surface area contributed by atoms with E-state index in [0.29, 0.717) is 12.8 Å². The first kappa shape index (κ1) is 19.3. The number of carbonyl (C=O) groups excluding carboxylic acids is 1. The van der Waals surface area contributed by atoms with Crippen LogP contribution in [0.2, 0.25) is 0 Å². The molecule has 1 amide bonds. The number of carbonyl (C=O) groups is 1. The normalized spacial score (nSPS) is 19.6. The maximum atomic E-state index is 12.2. The van der Waals surface area contributed by atoms with Gasteiger partial charge in [-0.2, -0.15) is 18.3 Å². The number of fused-ring (bicyclic) bond motifs is 1. The van der Waals surface area contributed by atoms with Crippen LogP contribution in [-0.2, 0) is 11.8 Å². The van der Waals surface area contributed by atoms with Crippen LogP contribution in [0.1, 0.15) is 30.7 Å². The molecule has 1 aliphatic rings. The van der Waals surface area contributed by atoms with Crippen LogP contribution in [0, 0.1) is 0 Å². The van der Waals surface area contributed by atoms with Crippen LogP contribution >= 0.6 is 0 Å². The predicted molar refractivity (Wildman–Crippen MR) is 99.2 cm³/mol. The summed E-state index contributed by atoms with van der Waals surface area (Å²) in [6.07, 6.45) is -0.423. The fourth-order valence-electron chi connectivity index (χ4n) is 3.75. The summed E-state index contributed by atoms with van der Waals surface area (Å²) in [4.78, 5) is 19.3. The topological polar surface area (TPSA) is 84.8 Å². The van der Waals surface area contributed by atoms with Crippen LogP contribution in [0.4, 0.5) is 18.0 Å². The van der Waals surface area contributed by atoms with E-state index in [1.54, 1.807) is 22.4 Å². The first-order chi connectivity index (χ1) is 13.8. The fourth-order valence-corrected chi connectivity index (χ4v) is 3.75. The molecule has 0 aliphatic heterocycles. The number of aryl methyl sites for hydroxylation is 1. The van der Waals surface area contributed by atoms with Gasteiger partial charge in [0.05, 0.1) is 11.4 Å². The average Bonchev–Trinajstić information content (AvgIpc) is 3.37. The molecule has 0 bridgehead atoms. The van der Waals surface area contributed by atoms with Crippen LogP contribution in [0.25, 0.3) is 22.4 Å². The third kappa shape index (κ3) is 4.36. The van der Waals surface area contributed by atoms with E-state index < -0.39 is 24.9 Å². The number of hydrogen-bond acceptors (Lipinski definition) is 4. The average molecular weight is 407 g/mol. The molecule has 1 aliphatic carbocycles. The molecule has 0 spiro atoms. The molecule has 3 heterocycles. The highest BCUT2D eigenvalue weighted by Crippen LogP contribution is 2.37. The lowest BCUT2D eigenvalue weighted by Crippen LogP contribution is -2.35. The molecule has 0 radical (unpaired) electrons. The third-order valence-corrected chi connectivity index (χ3v) is 5.15. The van der Waals surface area contributed by atoms with Crippen LogP contribution in [0.15, 0.2) is 30.6 Å². The Morgan fingerprint density at radius 3 is 2.93 bits per heavy atom. The number of aromatic amines is 1. The summed E-state index contributed by atoms with van der Waals surface area (Å²) in [6, 6.07) is 5.97. The predicted octanol–water partition coefficient (Wildman–Crippen LogP) is 3.89. The molecule has 3 aromatic heterocycles. The summed E-state index contributed by atoms with van der Waals surface area (Å²) in [5, 5.41) is 6.87. The van der Waals surface area contributed by atoms with Gasteiger partial charge in [-0.3, -0.25) is 4.68 Å². The number of halogens is 3. The van der Waals surface area contributed by atoms with Crippen molar-refractivity contribution in [2.75, 3.05) is 6.54 Å². The molecule has 2 atom stereocenters. The van der Waals surface area contributed by atoms with Gasteiger partial charge in [-0.05, 0) is 48.9 Å². The molecule has 7 nitrogen and oxygen atoms in total. The van der Waals surface area contributed by atoms with Crippen LogP contribution in [-0.4, -0.2) is 44.7 Å². The zero-order valence-corrected chi connectivity index (χ0v) is 15.7. The molecule has 154 valence electrons. The van der Waals surface area contributed by atoms with Crippen molar-refractivity contribution in [1.82, 2.24) is 25.1 Å². The molecule has 0 saturated heterocycles. The second-order valence-corrected chi connectivity index (χ2v) is 7.24. The van der Waals surface area contributed by atoms with E-state index in [9.17, 15) is 18.0 Å². The van der Waals surface area contributed by atoms with E-state index >= 15 is 0 Å².